The van der Waals surface area contributed by atoms with Crippen molar-refractivity contribution in [3.8, 4) is 11.5 Å². The highest BCUT2D eigenvalue weighted by atomic mass is 32.2. The second-order valence-electron chi connectivity index (χ2n) is 2.41. The minimum absolute atomic E-state index is 0.147. The van der Waals surface area contributed by atoms with Crippen LogP contribution in [0.5, 0.6) is 11.5 Å². The summed E-state index contributed by atoms with van der Waals surface area (Å²) < 4.78 is 1.21. The van der Waals surface area contributed by atoms with Gasteiger partial charge in [0, 0.05) is 5.39 Å². The predicted octanol–water partition coefficient (Wildman–Crippen LogP) is 2.60. The molecule has 0 fully saturated rings. The van der Waals surface area contributed by atoms with Gasteiger partial charge in [0.1, 0.15) is 15.7 Å². The number of phenols is 1. The third-order valence-corrected chi connectivity index (χ3v) is 3.16. The molecule has 0 saturated heterocycles. The second kappa shape index (κ2) is 2.57. The van der Waals surface area contributed by atoms with Crippen molar-refractivity contribution in [1.29, 1.82) is 0 Å². The van der Waals surface area contributed by atoms with Crippen molar-refractivity contribution < 1.29 is 10.2 Å². The van der Waals surface area contributed by atoms with Crippen molar-refractivity contribution in [2.24, 2.45) is 0 Å². The van der Waals surface area contributed by atoms with E-state index in [1.165, 1.54) is 11.3 Å². The molecule has 0 aliphatic carbocycles. The van der Waals surface area contributed by atoms with Crippen molar-refractivity contribution in [3.05, 3.63) is 18.2 Å². The van der Waals surface area contributed by atoms with Crippen LogP contribution in [0.1, 0.15) is 0 Å². The van der Waals surface area contributed by atoms with E-state index in [4.69, 9.17) is 0 Å². The molecule has 0 spiro atoms. The molecule has 1 heterocycles. The minimum atomic E-state index is 0.147. The summed E-state index contributed by atoms with van der Waals surface area (Å²) in [5, 5.41) is 19.5. The van der Waals surface area contributed by atoms with Gasteiger partial charge in [-0.2, -0.15) is 0 Å². The third kappa shape index (κ3) is 0.956. The van der Waals surface area contributed by atoms with E-state index in [1.54, 1.807) is 18.2 Å². The molecule has 1 aromatic heterocycles. The Kier molecular flexibility index (Phi) is 1.66. The monoisotopic (exact) mass is 198 g/mol. The highest BCUT2D eigenvalue weighted by molar-refractivity contribution is 7.83. The average Bonchev–Trinajstić information content (AvgIpc) is 2.32. The van der Waals surface area contributed by atoms with Crippen LogP contribution in [0.15, 0.2) is 22.4 Å². The molecule has 62 valence electrons. The van der Waals surface area contributed by atoms with E-state index in [9.17, 15) is 10.2 Å². The van der Waals surface area contributed by atoms with E-state index in [1.807, 2.05) is 0 Å². The number of hydrogen-bond donors (Lipinski definition) is 3. The Hall–Kier alpha value is -0.870. The summed E-state index contributed by atoms with van der Waals surface area (Å²) in [4.78, 5) is 0. The van der Waals surface area contributed by atoms with Crippen molar-refractivity contribution >= 4 is 34.1 Å². The first kappa shape index (κ1) is 7.76. The number of benzene rings is 1. The lowest BCUT2D eigenvalue weighted by molar-refractivity contribution is 0.471. The third-order valence-electron chi connectivity index (χ3n) is 1.65. The van der Waals surface area contributed by atoms with Crippen molar-refractivity contribution in [3.63, 3.8) is 0 Å². The normalized spacial score (nSPS) is 10.8. The van der Waals surface area contributed by atoms with Crippen LogP contribution in [-0.2, 0) is 0 Å². The topological polar surface area (TPSA) is 40.5 Å². The Morgan fingerprint density at radius 1 is 1.25 bits per heavy atom. The molecule has 4 heteroatoms. The number of phenolic OH excluding ortho intramolecular Hbond substituents is 1. The maximum Gasteiger partial charge on any atom is 0.147 e. The van der Waals surface area contributed by atoms with E-state index in [2.05, 4.69) is 12.6 Å². The molecule has 2 N–H and O–H groups in total. The summed E-state index contributed by atoms with van der Waals surface area (Å²) in [5.41, 5.74) is 0. The van der Waals surface area contributed by atoms with E-state index in [-0.39, 0.29) is 11.5 Å². The van der Waals surface area contributed by atoms with E-state index >= 15 is 0 Å². The summed E-state index contributed by atoms with van der Waals surface area (Å²) in [6, 6.07) is 5.03. The molecule has 2 aromatic rings. The van der Waals surface area contributed by atoms with Crippen LogP contribution in [0, 0.1) is 0 Å². The zero-order valence-corrected chi connectivity index (χ0v) is 7.69. The number of thiophene rings is 1. The lowest BCUT2D eigenvalue weighted by Crippen LogP contribution is -1.64. The fourth-order valence-corrected chi connectivity index (χ4v) is 2.32. The number of aromatic hydroxyl groups is 2. The molecule has 1 aromatic carbocycles. The molecule has 0 atom stereocenters. The lowest BCUT2D eigenvalue weighted by Gasteiger charge is -1.92. The second-order valence-corrected chi connectivity index (χ2v) is 4.18. The smallest absolute Gasteiger partial charge is 0.147 e. The summed E-state index contributed by atoms with van der Waals surface area (Å²) in [5.74, 6) is 0.335. The number of thiol groups is 1. The molecule has 0 aliphatic rings. The predicted molar refractivity (Wildman–Crippen MR) is 52.4 cm³/mol. The molecule has 12 heavy (non-hydrogen) atoms. The number of rotatable bonds is 0. The Bertz CT molecular complexity index is 434. The highest BCUT2D eigenvalue weighted by Crippen LogP contribution is 2.42. The van der Waals surface area contributed by atoms with E-state index in [0.29, 0.717) is 14.3 Å². The molecular weight excluding hydrogens is 192 g/mol. The largest absolute Gasteiger partial charge is 0.506 e. The first-order valence-electron chi connectivity index (χ1n) is 3.32. The SMILES string of the molecule is Oc1c(S)sc2c(O)cccc12. The lowest BCUT2D eigenvalue weighted by atomic mass is 10.2. The van der Waals surface area contributed by atoms with E-state index in [0.717, 1.165) is 0 Å². The minimum Gasteiger partial charge on any atom is -0.506 e. The maximum absolute atomic E-state index is 9.45. The van der Waals surface area contributed by atoms with Gasteiger partial charge in [-0.3, -0.25) is 0 Å². The zero-order chi connectivity index (χ0) is 8.72. The van der Waals surface area contributed by atoms with Gasteiger partial charge in [-0.25, -0.2) is 0 Å². The van der Waals surface area contributed by atoms with Gasteiger partial charge < -0.3 is 10.2 Å². The molecule has 0 aliphatic heterocycles. The van der Waals surface area contributed by atoms with Crippen molar-refractivity contribution in [2.45, 2.75) is 4.21 Å². The summed E-state index contributed by atoms with van der Waals surface area (Å²) >= 11 is 5.33. The fourth-order valence-electron chi connectivity index (χ4n) is 1.08. The first-order valence-corrected chi connectivity index (χ1v) is 4.59. The van der Waals surface area contributed by atoms with Crippen LogP contribution >= 0.6 is 24.0 Å². The Labute approximate surface area is 78.5 Å². The van der Waals surface area contributed by atoms with Crippen LogP contribution < -0.4 is 0 Å². The van der Waals surface area contributed by atoms with Crippen LogP contribution in [-0.4, -0.2) is 10.2 Å². The maximum atomic E-state index is 9.45. The van der Waals surface area contributed by atoms with Crippen LogP contribution in [0.2, 0.25) is 0 Å². The van der Waals surface area contributed by atoms with Gasteiger partial charge in [0.2, 0.25) is 0 Å². The molecule has 2 rings (SSSR count). The molecule has 0 amide bonds. The van der Waals surface area contributed by atoms with Gasteiger partial charge in [0.05, 0.1) is 4.70 Å². The molecular formula is C8H6O2S2. The molecule has 0 radical (unpaired) electrons. The standard InChI is InChI=1S/C8H6O2S2/c9-5-3-1-2-4-6(10)8(11)12-7(4)5/h1-3,9-11H. The molecule has 0 unspecified atom stereocenters. The molecule has 0 bridgehead atoms. The molecule has 2 nitrogen and oxygen atoms in total. The summed E-state index contributed by atoms with van der Waals surface area (Å²) in [7, 11) is 0. The van der Waals surface area contributed by atoms with Gasteiger partial charge in [0.25, 0.3) is 0 Å². The Balaban J connectivity index is 2.95. The quantitative estimate of drug-likeness (QED) is 0.569. The van der Waals surface area contributed by atoms with Crippen molar-refractivity contribution in [2.75, 3.05) is 0 Å². The number of hydrogen-bond acceptors (Lipinski definition) is 4. The Morgan fingerprint density at radius 2 is 2.00 bits per heavy atom. The first-order chi connectivity index (χ1) is 5.70. The Morgan fingerprint density at radius 3 is 2.67 bits per heavy atom. The molecule has 0 saturated carbocycles. The fraction of sp³-hybridized carbons (Fsp3) is 0. The van der Waals surface area contributed by atoms with Crippen LogP contribution in [0.4, 0.5) is 0 Å². The number of fused-ring (bicyclic) bond motifs is 1. The summed E-state index contributed by atoms with van der Waals surface area (Å²) in [6.45, 7) is 0. The van der Waals surface area contributed by atoms with Crippen molar-refractivity contribution in [1.82, 2.24) is 0 Å². The van der Waals surface area contributed by atoms with Gasteiger partial charge in [-0.15, -0.1) is 24.0 Å². The van der Waals surface area contributed by atoms with Gasteiger partial charge in [-0.1, -0.05) is 6.07 Å². The van der Waals surface area contributed by atoms with Crippen LogP contribution in [0.25, 0.3) is 10.1 Å². The summed E-state index contributed by atoms with van der Waals surface area (Å²) in [6.07, 6.45) is 0. The zero-order valence-electron chi connectivity index (χ0n) is 5.98. The van der Waals surface area contributed by atoms with Gasteiger partial charge >= 0.3 is 0 Å². The van der Waals surface area contributed by atoms with Crippen LogP contribution in [0.3, 0.4) is 0 Å². The van der Waals surface area contributed by atoms with E-state index < -0.39 is 0 Å². The van der Waals surface area contributed by atoms with Gasteiger partial charge in [-0.05, 0) is 12.1 Å². The van der Waals surface area contributed by atoms with Gasteiger partial charge in [0.15, 0.2) is 0 Å². The average molecular weight is 198 g/mol. The highest BCUT2D eigenvalue weighted by Gasteiger charge is 2.09.